The fourth-order valence-corrected chi connectivity index (χ4v) is 3.72. The van der Waals surface area contributed by atoms with Crippen molar-refractivity contribution in [3.63, 3.8) is 0 Å². The van der Waals surface area contributed by atoms with Gasteiger partial charge in [-0.15, -0.1) is 5.11 Å². The zero-order chi connectivity index (χ0) is 21.3. The molecule has 2 aromatic rings. The smallest absolute Gasteiger partial charge is 0.293 e. The van der Waals surface area contributed by atoms with Gasteiger partial charge in [-0.2, -0.15) is 5.11 Å². The molecule has 148 valence electrons. The summed E-state index contributed by atoms with van der Waals surface area (Å²) in [5.74, 6) is -0.936. The summed E-state index contributed by atoms with van der Waals surface area (Å²) in [6.45, 7) is 5.45. The minimum atomic E-state index is -0.495. The summed E-state index contributed by atoms with van der Waals surface area (Å²) in [6, 6.07) is 6.63. The van der Waals surface area contributed by atoms with Crippen molar-refractivity contribution in [1.82, 2.24) is 0 Å². The number of carbonyl (C=O) groups is 3. The molecule has 0 aliphatic carbocycles. The molecule has 1 aliphatic heterocycles. The van der Waals surface area contributed by atoms with Crippen LogP contribution < -0.4 is 0 Å². The van der Waals surface area contributed by atoms with Gasteiger partial charge in [0, 0.05) is 33.7 Å². The first kappa shape index (κ1) is 21.1. The quantitative estimate of drug-likeness (QED) is 0.541. The van der Waals surface area contributed by atoms with Crippen LogP contribution in [0.15, 0.2) is 46.3 Å². The molecule has 0 atom stereocenters. The van der Waals surface area contributed by atoms with Gasteiger partial charge in [-0.1, -0.05) is 30.1 Å². The standard InChI is InChI=1S/C22H18Cl2N2O3/c1-4-13-8-14(18(27)9-15-10-25-26-22(15)29)7-11(2)19(13)21(28)16-5-6-17(23)12(3)20(16)24/h5-8,10H,4,9H2,1-3H3. The molecule has 0 saturated carbocycles. The molecule has 7 heteroatoms. The predicted molar refractivity (Wildman–Crippen MR) is 112 cm³/mol. The lowest BCUT2D eigenvalue weighted by Crippen LogP contribution is -2.12. The summed E-state index contributed by atoms with van der Waals surface area (Å²) in [5.41, 5.74) is 3.64. The van der Waals surface area contributed by atoms with Crippen molar-refractivity contribution >= 4 is 40.7 Å². The third-order valence-corrected chi connectivity index (χ3v) is 5.80. The number of azo groups is 1. The van der Waals surface area contributed by atoms with E-state index in [2.05, 4.69) is 10.2 Å². The number of hydrogen-bond donors (Lipinski definition) is 0. The molecule has 0 aromatic heterocycles. The van der Waals surface area contributed by atoms with E-state index in [0.717, 1.165) is 5.56 Å². The number of rotatable bonds is 6. The van der Waals surface area contributed by atoms with Crippen LogP contribution in [0.25, 0.3) is 0 Å². The van der Waals surface area contributed by atoms with Gasteiger partial charge in [0.05, 0.1) is 11.2 Å². The lowest BCUT2D eigenvalue weighted by atomic mass is 9.89. The number of Topliss-reactive ketones (excluding diaryl/α,β-unsaturated/α-hetero) is 1. The highest BCUT2D eigenvalue weighted by atomic mass is 35.5. The average Bonchev–Trinajstić information content (AvgIpc) is 3.09. The number of aryl methyl sites for hydroxylation is 2. The Morgan fingerprint density at radius 1 is 1.10 bits per heavy atom. The first-order valence-electron chi connectivity index (χ1n) is 9.04. The zero-order valence-electron chi connectivity index (χ0n) is 16.2. The van der Waals surface area contributed by atoms with Gasteiger partial charge in [-0.25, -0.2) is 0 Å². The topological polar surface area (TPSA) is 75.9 Å². The van der Waals surface area contributed by atoms with Crippen LogP contribution >= 0.6 is 23.2 Å². The van der Waals surface area contributed by atoms with E-state index in [4.69, 9.17) is 23.2 Å². The van der Waals surface area contributed by atoms with E-state index < -0.39 is 5.91 Å². The summed E-state index contributed by atoms with van der Waals surface area (Å²) < 4.78 is 0. The van der Waals surface area contributed by atoms with Gasteiger partial charge in [0.1, 0.15) is 0 Å². The molecule has 0 saturated heterocycles. The first-order chi connectivity index (χ1) is 13.7. The maximum Gasteiger partial charge on any atom is 0.293 e. The van der Waals surface area contributed by atoms with Crippen molar-refractivity contribution in [1.29, 1.82) is 0 Å². The van der Waals surface area contributed by atoms with Gasteiger partial charge in [0.15, 0.2) is 11.6 Å². The molecule has 0 spiro atoms. The second kappa shape index (κ2) is 8.39. The van der Waals surface area contributed by atoms with E-state index in [1.54, 1.807) is 38.1 Å². The van der Waals surface area contributed by atoms with E-state index in [1.807, 2.05) is 6.92 Å². The number of benzene rings is 2. The summed E-state index contributed by atoms with van der Waals surface area (Å²) in [4.78, 5) is 37.5. The Labute approximate surface area is 178 Å². The van der Waals surface area contributed by atoms with Gasteiger partial charge in [-0.3, -0.25) is 14.4 Å². The SMILES string of the molecule is CCc1cc(C(=O)CC2=CN=NC2=O)cc(C)c1C(=O)c1ccc(Cl)c(C)c1Cl. The fourth-order valence-electron chi connectivity index (χ4n) is 3.26. The van der Waals surface area contributed by atoms with Crippen LogP contribution in [0.4, 0.5) is 0 Å². The van der Waals surface area contributed by atoms with Crippen LogP contribution in [0, 0.1) is 13.8 Å². The lowest BCUT2D eigenvalue weighted by Gasteiger charge is -2.15. The largest absolute Gasteiger partial charge is 0.294 e. The maximum absolute atomic E-state index is 13.2. The Hall–Kier alpha value is -2.63. The van der Waals surface area contributed by atoms with Gasteiger partial charge in [0.2, 0.25) is 0 Å². The van der Waals surface area contributed by atoms with E-state index in [0.29, 0.717) is 44.3 Å². The zero-order valence-corrected chi connectivity index (χ0v) is 17.7. The average molecular weight is 429 g/mol. The monoisotopic (exact) mass is 428 g/mol. The summed E-state index contributed by atoms with van der Waals surface area (Å²) >= 11 is 12.5. The Morgan fingerprint density at radius 2 is 1.83 bits per heavy atom. The molecule has 0 fully saturated rings. The third kappa shape index (κ3) is 4.07. The molecule has 0 bridgehead atoms. The van der Waals surface area contributed by atoms with Crippen LogP contribution in [0.5, 0.6) is 0 Å². The van der Waals surface area contributed by atoms with Gasteiger partial charge < -0.3 is 0 Å². The van der Waals surface area contributed by atoms with E-state index in [1.165, 1.54) is 6.20 Å². The molecule has 3 rings (SSSR count). The molecule has 2 aromatic carbocycles. The highest BCUT2D eigenvalue weighted by Crippen LogP contribution is 2.31. The minimum absolute atomic E-state index is 0.0794. The summed E-state index contributed by atoms with van der Waals surface area (Å²) in [5, 5.41) is 7.73. The molecule has 1 aliphatic rings. The molecule has 0 radical (unpaired) electrons. The molecule has 1 amide bonds. The Kier molecular flexibility index (Phi) is 6.10. The number of halogens is 2. The minimum Gasteiger partial charge on any atom is -0.294 e. The van der Waals surface area contributed by atoms with Crippen molar-refractivity contribution in [3.05, 3.63) is 79.5 Å². The predicted octanol–water partition coefficient (Wildman–Crippen LogP) is 5.85. The van der Waals surface area contributed by atoms with Crippen LogP contribution in [0.2, 0.25) is 10.0 Å². The molecular formula is C22H18Cl2N2O3. The first-order valence-corrected chi connectivity index (χ1v) is 9.80. The Bertz CT molecular complexity index is 1120. The van der Waals surface area contributed by atoms with Crippen molar-refractivity contribution in [3.8, 4) is 0 Å². The van der Waals surface area contributed by atoms with E-state index in [-0.39, 0.29) is 23.6 Å². The normalized spacial score (nSPS) is 13.0. The molecular weight excluding hydrogens is 411 g/mol. The van der Waals surface area contributed by atoms with Crippen LogP contribution in [-0.2, 0) is 11.2 Å². The Balaban J connectivity index is 1.99. The second-order valence-electron chi connectivity index (χ2n) is 6.82. The van der Waals surface area contributed by atoms with Crippen molar-refractivity contribution in [2.24, 2.45) is 10.2 Å². The summed E-state index contributed by atoms with van der Waals surface area (Å²) in [7, 11) is 0. The number of nitrogens with zero attached hydrogens (tertiary/aromatic N) is 2. The molecule has 1 heterocycles. The number of carbonyl (C=O) groups excluding carboxylic acids is 3. The van der Waals surface area contributed by atoms with Crippen LogP contribution in [-0.4, -0.2) is 17.5 Å². The van der Waals surface area contributed by atoms with E-state index >= 15 is 0 Å². The van der Waals surface area contributed by atoms with Crippen molar-refractivity contribution < 1.29 is 14.4 Å². The second-order valence-corrected chi connectivity index (χ2v) is 7.60. The van der Waals surface area contributed by atoms with Gasteiger partial charge in [0.25, 0.3) is 5.91 Å². The third-order valence-electron chi connectivity index (χ3n) is 4.90. The van der Waals surface area contributed by atoms with Crippen LogP contribution in [0.1, 0.15) is 56.3 Å². The number of amides is 1. The maximum atomic E-state index is 13.2. The van der Waals surface area contributed by atoms with E-state index in [9.17, 15) is 14.4 Å². The van der Waals surface area contributed by atoms with Gasteiger partial charge in [-0.05, 0) is 61.2 Å². The number of hydrogen-bond acceptors (Lipinski definition) is 4. The van der Waals surface area contributed by atoms with Crippen molar-refractivity contribution in [2.75, 3.05) is 0 Å². The summed E-state index contributed by atoms with van der Waals surface area (Å²) in [6.07, 6.45) is 1.78. The van der Waals surface area contributed by atoms with Crippen LogP contribution in [0.3, 0.4) is 0 Å². The number of ketones is 2. The molecule has 0 unspecified atom stereocenters. The Morgan fingerprint density at radius 3 is 2.45 bits per heavy atom. The highest BCUT2D eigenvalue weighted by Gasteiger charge is 2.23. The highest BCUT2D eigenvalue weighted by molar-refractivity contribution is 6.38. The van der Waals surface area contributed by atoms with Gasteiger partial charge >= 0.3 is 0 Å². The fraction of sp³-hybridized carbons (Fsp3) is 0.227. The van der Waals surface area contributed by atoms with Crippen molar-refractivity contribution in [2.45, 2.75) is 33.6 Å². The molecule has 0 N–H and O–H groups in total. The molecule has 29 heavy (non-hydrogen) atoms. The molecule has 5 nitrogen and oxygen atoms in total. The lowest BCUT2D eigenvalue weighted by molar-refractivity contribution is -0.114.